The maximum absolute atomic E-state index is 6.21. The molecule has 0 N–H and O–H groups in total. The Morgan fingerprint density at radius 1 is 0.408 bits per heavy atom. The summed E-state index contributed by atoms with van der Waals surface area (Å²) in [4.78, 5) is 2.37. The van der Waals surface area contributed by atoms with Crippen LogP contribution in [0, 0.1) is 0 Å². The van der Waals surface area contributed by atoms with Crippen molar-refractivity contribution in [2.75, 3.05) is 4.90 Å². The van der Waals surface area contributed by atoms with Gasteiger partial charge in [0.1, 0.15) is 11.2 Å². The molecule has 0 saturated carbocycles. The van der Waals surface area contributed by atoms with Gasteiger partial charge in [-0.05, 0) is 81.6 Å². The van der Waals surface area contributed by atoms with Crippen molar-refractivity contribution in [3.8, 4) is 22.3 Å². The van der Waals surface area contributed by atoms with Gasteiger partial charge in [-0.25, -0.2) is 0 Å². The molecule has 10 rings (SSSR count). The summed E-state index contributed by atoms with van der Waals surface area (Å²) in [6.45, 7) is 0. The molecule has 0 bridgehead atoms. The monoisotopic (exact) mass is 643 g/mol. The molecule has 0 atom stereocenters. The molecular weight excluding hydrogens is 615 g/mol. The van der Waals surface area contributed by atoms with Gasteiger partial charge in [0.05, 0.1) is 0 Å². The number of thiophene rings is 1. The van der Waals surface area contributed by atoms with Gasteiger partial charge in [0, 0.05) is 48.0 Å². The van der Waals surface area contributed by atoms with E-state index in [1.807, 2.05) is 23.5 Å². The molecule has 0 amide bonds. The van der Waals surface area contributed by atoms with E-state index in [1.54, 1.807) is 0 Å². The van der Waals surface area contributed by atoms with Crippen molar-refractivity contribution >= 4 is 81.3 Å². The van der Waals surface area contributed by atoms with Crippen LogP contribution in [-0.4, -0.2) is 0 Å². The maximum Gasteiger partial charge on any atom is 0.136 e. The van der Waals surface area contributed by atoms with Crippen molar-refractivity contribution in [3.05, 3.63) is 176 Å². The van der Waals surface area contributed by atoms with Gasteiger partial charge in [-0.1, -0.05) is 127 Å². The third-order valence-electron chi connectivity index (χ3n) is 9.68. The largest absolute Gasteiger partial charge is 0.456 e. The zero-order valence-electron chi connectivity index (χ0n) is 26.5. The molecule has 0 aliphatic rings. The maximum atomic E-state index is 6.21. The van der Waals surface area contributed by atoms with Crippen LogP contribution in [0.2, 0.25) is 0 Å². The minimum atomic E-state index is 0.910. The van der Waals surface area contributed by atoms with E-state index in [0.29, 0.717) is 0 Å². The van der Waals surface area contributed by atoms with Crippen LogP contribution in [0.15, 0.2) is 180 Å². The molecule has 2 aromatic heterocycles. The minimum absolute atomic E-state index is 0.910. The Labute approximate surface area is 287 Å². The SMILES string of the molecule is c1ccc(-c2ccc(N(c3ccc(-c4cccc5oc6ccccc6c45)cc3)c3ccc4c(c3)sc3c5ccccc5ccc43)cc2)cc1. The smallest absolute Gasteiger partial charge is 0.136 e. The summed E-state index contributed by atoms with van der Waals surface area (Å²) < 4.78 is 8.83. The average molecular weight is 644 g/mol. The topological polar surface area (TPSA) is 16.4 Å². The van der Waals surface area contributed by atoms with Crippen molar-refractivity contribution in [1.82, 2.24) is 0 Å². The van der Waals surface area contributed by atoms with E-state index in [2.05, 4.69) is 169 Å². The molecule has 0 spiro atoms. The van der Waals surface area contributed by atoms with Crippen molar-refractivity contribution < 1.29 is 4.42 Å². The quantitative estimate of drug-likeness (QED) is 0.186. The molecule has 0 saturated heterocycles. The second-order valence-electron chi connectivity index (χ2n) is 12.5. The highest BCUT2D eigenvalue weighted by molar-refractivity contribution is 7.26. The van der Waals surface area contributed by atoms with Crippen LogP contribution in [0.1, 0.15) is 0 Å². The number of furan rings is 1. The number of hydrogen-bond donors (Lipinski definition) is 0. The third-order valence-corrected chi connectivity index (χ3v) is 10.9. The van der Waals surface area contributed by atoms with E-state index in [4.69, 9.17) is 4.42 Å². The second kappa shape index (κ2) is 11.2. The van der Waals surface area contributed by atoms with Gasteiger partial charge in [0.25, 0.3) is 0 Å². The molecule has 49 heavy (non-hydrogen) atoms. The molecule has 2 heterocycles. The highest BCUT2D eigenvalue weighted by Crippen LogP contribution is 2.44. The van der Waals surface area contributed by atoms with Gasteiger partial charge < -0.3 is 9.32 Å². The van der Waals surface area contributed by atoms with Gasteiger partial charge in [-0.15, -0.1) is 11.3 Å². The third kappa shape index (κ3) is 4.62. The van der Waals surface area contributed by atoms with Crippen LogP contribution < -0.4 is 4.90 Å². The lowest BCUT2D eigenvalue weighted by Crippen LogP contribution is -2.09. The van der Waals surface area contributed by atoms with Crippen LogP contribution in [0.5, 0.6) is 0 Å². The second-order valence-corrected chi connectivity index (χ2v) is 13.6. The van der Waals surface area contributed by atoms with E-state index in [-0.39, 0.29) is 0 Å². The van der Waals surface area contributed by atoms with Crippen molar-refractivity contribution in [2.24, 2.45) is 0 Å². The van der Waals surface area contributed by atoms with Gasteiger partial charge >= 0.3 is 0 Å². The highest BCUT2D eigenvalue weighted by Gasteiger charge is 2.17. The molecule has 0 radical (unpaired) electrons. The normalized spacial score (nSPS) is 11.7. The average Bonchev–Trinajstić information content (AvgIpc) is 3.74. The lowest BCUT2D eigenvalue weighted by molar-refractivity contribution is 0.669. The molecule has 0 unspecified atom stereocenters. The number of anilines is 3. The fourth-order valence-corrected chi connectivity index (χ4v) is 8.59. The highest BCUT2D eigenvalue weighted by atomic mass is 32.1. The Bertz CT molecular complexity index is 2810. The summed E-state index contributed by atoms with van der Waals surface area (Å²) in [5.74, 6) is 0. The molecular formula is C46H29NOS. The van der Waals surface area contributed by atoms with E-state index >= 15 is 0 Å². The van der Waals surface area contributed by atoms with Gasteiger partial charge in [0.2, 0.25) is 0 Å². The summed E-state index contributed by atoms with van der Waals surface area (Å²) >= 11 is 1.88. The number of hydrogen-bond acceptors (Lipinski definition) is 3. The standard InChI is InChI=1S/C46H29NOS/c1-2-9-30(10-3-1)31-17-22-34(23-18-31)47(36-26-28-39-40-27-21-32-11-4-5-12-38(32)46(40)49-44(39)29-36)35-24-19-33(20-25-35)37-14-8-16-43-45(37)41-13-6-7-15-42(41)48-43/h1-29H. The number of nitrogens with zero attached hydrogens (tertiary/aromatic N) is 1. The molecule has 8 aromatic carbocycles. The van der Waals surface area contributed by atoms with Crippen molar-refractivity contribution in [2.45, 2.75) is 0 Å². The van der Waals surface area contributed by atoms with Crippen molar-refractivity contribution in [1.29, 1.82) is 0 Å². The molecule has 0 aliphatic carbocycles. The van der Waals surface area contributed by atoms with E-state index in [0.717, 1.165) is 44.6 Å². The lowest BCUT2D eigenvalue weighted by Gasteiger charge is -2.26. The van der Waals surface area contributed by atoms with Crippen LogP contribution in [0.3, 0.4) is 0 Å². The molecule has 10 aromatic rings. The first-order valence-electron chi connectivity index (χ1n) is 16.6. The van der Waals surface area contributed by atoms with Crippen LogP contribution in [0.4, 0.5) is 17.1 Å². The summed E-state index contributed by atoms with van der Waals surface area (Å²) in [6, 6.07) is 63.2. The minimum Gasteiger partial charge on any atom is -0.456 e. The summed E-state index contributed by atoms with van der Waals surface area (Å²) in [6.07, 6.45) is 0. The van der Waals surface area contributed by atoms with Gasteiger partial charge in [0.15, 0.2) is 0 Å². The Hall–Kier alpha value is -6.16. The number of rotatable bonds is 5. The van der Waals surface area contributed by atoms with Gasteiger partial charge in [-0.2, -0.15) is 0 Å². The van der Waals surface area contributed by atoms with Crippen molar-refractivity contribution in [3.63, 3.8) is 0 Å². The van der Waals surface area contributed by atoms with Crippen LogP contribution >= 0.6 is 11.3 Å². The fourth-order valence-electron chi connectivity index (χ4n) is 7.32. The van der Waals surface area contributed by atoms with E-state index in [9.17, 15) is 0 Å². The first-order valence-corrected chi connectivity index (χ1v) is 17.4. The first-order chi connectivity index (χ1) is 24.3. The lowest BCUT2D eigenvalue weighted by atomic mass is 9.99. The summed E-state index contributed by atoms with van der Waals surface area (Å²) in [5.41, 5.74) is 9.92. The Morgan fingerprint density at radius 3 is 1.86 bits per heavy atom. The van der Waals surface area contributed by atoms with E-state index < -0.39 is 0 Å². The molecule has 0 fully saturated rings. The zero-order chi connectivity index (χ0) is 32.3. The summed E-state index contributed by atoms with van der Waals surface area (Å²) in [7, 11) is 0. The predicted octanol–water partition coefficient (Wildman–Crippen LogP) is 13.9. The Balaban J connectivity index is 1.11. The number of fused-ring (bicyclic) bond motifs is 8. The van der Waals surface area contributed by atoms with E-state index in [1.165, 1.54) is 47.6 Å². The Kier molecular flexibility index (Phi) is 6.39. The Morgan fingerprint density at radius 2 is 1.04 bits per heavy atom. The predicted molar refractivity (Wildman–Crippen MR) is 210 cm³/mol. The molecule has 3 heteroatoms. The fraction of sp³-hybridized carbons (Fsp3) is 0. The molecule has 230 valence electrons. The molecule has 2 nitrogen and oxygen atoms in total. The first kappa shape index (κ1) is 27.9. The summed E-state index contributed by atoms with van der Waals surface area (Å²) in [5, 5.41) is 7.50. The molecule has 0 aliphatic heterocycles. The van der Waals surface area contributed by atoms with Crippen LogP contribution in [0.25, 0.3) is 75.1 Å². The number of para-hydroxylation sites is 1. The van der Waals surface area contributed by atoms with Crippen LogP contribution in [-0.2, 0) is 0 Å². The number of benzene rings is 8. The van der Waals surface area contributed by atoms with Gasteiger partial charge in [-0.3, -0.25) is 0 Å². The zero-order valence-corrected chi connectivity index (χ0v) is 27.3.